The van der Waals surface area contributed by atoms with Gasteiger partial charge in [-0.15, -0.1) is 0 Å². The van der Waals surface area contributed by atoms with Crippen molar-refractivity contribution in [2.45, 2.75) is 51.6 Å². The molecule has 158 valence electrons. The zero-order valence-corrected chi connectivity index (χ0v) is 17.6. The molecule has 0 saturated carbocycles. The maximum absolute atomic E-state index is 12.8. The lowest BCUT2D eigenvalue weighted by Gasteiger charge is -2.27. The van der Waals surface area contributed by atoms with E-state index in [1.165, 1.54) is 4.90 Å². The zero-order valence-electron chi connectivity index (χ0n) is 16.8. The number of amides is 2. The summed E-state index contributed by atoms with van der Waals surface area (Å²) in [6, 6.07) is 7.36. The van der Waals surface area contributed by atoms with Gasteiger partial charge in [-0.1, -0.05) is 55.9 Å². The number of carbonyl (C=O) groups is 4. The third kappa shape index (κ3) is 6.59. The Hall–Kier alpha value is -2.35. The standard InChI is InChI=1S/C21H28N2O5S/c1-3-18(24)29-13-14(2)20(26)23-11-7-10-17(23)19(25)22-16(21(27)28)12-15-8-5-4-6-9-15/h4-6,8-9,14,16-17H,3,7,10-13H2,1-2H3,(H,22,25)(H,27,28)/t14-,16+,17+/m1/s1. The van der Waals surface area contributed by atoms with Crippen molar-refractivity contribution in [3.8, 4) is 0 Å². The molecule has 1 aliphatic heterocycles. The second-order valence-corrected chi connectivity index (χ2v) is 8.29. The molecule has 1 aromatic carbocycles. The summed E-state index contributed by atoms with van der Waals surface area (Å²) in [5, 5.41) is 12.1. The minimum atomic E-state index is -1.11. The minimum Gasteiger partial charge on any atom is -0.480 e. The molecule has 1 saturated heterocycles. The molecule has 3 atom stereocenters. The summed E-state index contributed by atoms with van der Waals surface area (Å²) in [5.41, 5.74) is 0.811. The maximum Gasteiger partial charge on any atom is 0.326 e. The summed E-state index contributed by atoms with van der Waals surface area (Å²) in [5.74, 6) is -1.73. The van der Waals surface area contributed by atoms with Gasteiger partial charge in [0.15, 0.2) is 5.12 Å². The Bertz CT molecular complexity index is 740. The highest BCUT2D eigenvalue weighted by Crippen LogP contribution is 2.22. The zero-order chi connectivity index (χ0) is 21.4. The van der Waals surface area contributed by atoms with E-state index in [0.717, 1.165) is 17.3 Å². The summed E-state index contributed by atoms with van der Waals surface area (Å²) in [7, 11) is 0. The van der Waals surface area contributed by atoms with Gasteiger partial charge in [0.05, 0.1) is 0 Å². The lowest BCUT2D eigenvalue weighted by atomic mass is 10.1. The van der Waals surface area contributed by atoms with Crippen LogP contribution in [0.4, 0.5) is 0 Å². The number of rotatable bonds is 9. The maximum atomic E-state index is 12.8. The van der Waals surface area contributed by atoms with Crippen LogP contribution in [0.1, 0.15) is 38.7 Å². The molecule has 7 nitrogen and oxygen atoms in total. The van der Waals surface area contributed by atoms with E-state index >= 15 is 0 Å². The van der Waals surface area contributed by atoms with Gasteiger partial charge in [0.2, 0.25) is 11.8 Å². The molecule has 1 fully saturated rings. The van der Waals surface area contributed by atoms with Crippen molar-refractivity contribution in [1.29, 1.82) is 0 Å². The number of carboxylic acid groups (broad SMARTS) is 1. The molecule has 0 aliphatic carbocycles. The molecule has 0 spiro atoms. The van der Waals surface area contributed by atoms with Gasteiger partial charge in [0, 0.05) is 31.1 Å². The van der Waals surface area contributed by atoms with E-state index in [4.69, 9.17) is 0 Å². The van der Waals surface area contributed by atoms with Crippen molar-refractivity contribution in [2.75, 3.05) is 12.3 Å². The summed E-state index contributed by atoms with van der Waals surface area (Å²) in [4.78, 5) is 50.2. The van der Waals surface area contributed by atoms with Crippen LogP contribution in [0, 0.1) is 5.92 Å². The Balaban J connectivity index is 1.99. The fourth-order valence-corrected chi connectivity index (χ4v) is 4.08. The number of hydrogen-bond donors (Lipinski definition) is 2. The molecule has 29 heavy (non-hydrogen) atoms. The molecule has 1 heterocycles. The number of likely N-dealkylation sites (tertiary alicyclic amines) is 1. The van der Waals surface area contributed by atoms with Gasteiger partial charge in [-0.3, -0.25) is 14.4 Å². The van der Waals surface area contributed by atoms with E-state index in [-0.39, 0.29) is 23.4 Å². The van der Waals surface area contributed by atoms with Crippen molar-refractivity contribution in [3.63, 3.8) is 0 Å². The lowest BCUT2D eigenvalue weighted by Crippen LogP contribution is -2.52. The second-order valence-electron chi connectivity index (χ2n) is 7.22. The van der Waals surface area contributed by atoms with Crippen LogP contribution >= 0.6 is 11.8 Å². The van der Waals surface area contributed by atoms with Gasteiger partial charge >= 0.3 is 5.97 Å². The molecule has 1 aromatic rings. The van der Waals surface area contributed by atoms with E-state index in [9.17, 15) is 24.3 Å². The lowest BCUT2D eigenvalue weighted by molar-refractivity contribution is -0.144. The number of carboxylic acids is 1. The monoisotopic (exact) mass is 420 g/mol. The van der Waals surface area contributed by atoms with Gasteiger partial charge in [-0.25, -0.2) is 4.79 Å². The average molecular weight is 421 g/mol. The van der Waals surface area contributed by atoms with Crippen LogP contribution in [-0.2, 0) is 25.6 Å². The SMILES string of the molecule is CCC(=O)SC[C@@H](C)C(=O)N1CCC[C@H]1C(=O)N[C@@H](Cc1ccccc1)C(=O)O. The first kappa shape index (κ1) is 22.9. The van der Waals surface area contributed by atoms with Gasteiger partial charge in [0.25, 0.3) is 0 Å². The third-order valence-electron chi connectivity index (χ3n) is 4.94. The molecule has 2 rings (SSSR count). The first-order valence-corrected chi connectivity index (χ1v) is 10.8. The second kappa shape index (κ2) is 11.0. The van der Waals surface area contributed by atoms with E-state index in [0.29, 0.717) is 31.6 Å². The number of carbonyl (C=O) groups excluding carboxylic acids is 3. The van der Waals surface area contributed by atoms with Gasteiger partial charge in [-0.05, 0) is 18.4 Å². The summed E-state index contributed by atoms with van der Waals surface area (Å²) in [6.45, 7) is 3.99. The Morgan fingerprint density at radius 3 is 2.55 bits per heavy atom. The Morgan fingerprint density at radius 2 is 1.93 bits per heavy atom. The quantitative estimate of drug-likeness (QED) is 0.634. The highest BCUT2D eigenvalue weighted by molar-refractivity contribution is 8.13. The molecule has 8 heteroatoms. The van der Waals surface area contributed by atoms with Crippen LogP contribution in [0.25, 0.3) is 0 Å². The van der Waals surface area contributed by atoms with Crippen LogP contribution < -0.4 is 5.32 Å². The minimum absolute atomic E-state index is 0.0329. The molecule has 0 aromatic heterocycles. The van der Waals surface area contributed by atoms with Crippen LogP contribution in [0.2, 0.25) is 0 Å². The molecule has 0 unspecified atom stereocenters. The van der Waals surface area contributed by atoms with Crippen LogP contribution in [-0.4, -0.2) is 57.3 Å². The molecule has 1 aliphatic rings. The Morgan fingerprint density at radius 1 is 1.24 bits per heavy atom. The normalized spacial score (nSPS) is 18.1. The molecule has 2 N–H and O–H groups in total. The largest absolute Gasteiger partial charge is 0.480 e. The fourth-order valence-electron chi connectivity index (χ4n) is 3.30. The van der Waals surface area contributed by atoms with Gasteiger partial charge in [-0.2, -0.15) is 0 Å². The molecule has 0 bridgehead atoms. The first-order chi connectivity index (χ1) is 13.8. The van der Waals surface area contributed by atoms with Crippen molar-refractivity contribution < 1.29 is 24.3 Å². The van der Waals surface area contributed by atoms with Crippen molar-refractivity contribution in [3.05, 3.63) is 35.9 Å². The van der Waals surface area contributed by atoms with Gasteiger partial charge < -0.3 is 15.3 Å². The highest BCUT2D eigenvalue weighted by atomic mass is 32.2. The topological polar surface area (TPSA) is 104 Å². The number of aliphatic carboxylic acids is 1. The van der Waals surface area contributed by atoms with Crippen molar-refractivity contribution in [2.24, 2.45) is 5.92 Å². The molecular weight excluding hydrogens is 392 g/mol. The van der Waals surface area contributed by atoms with Crippen LogP contribution in [0.5, 0.6) is 0 Å². The highest BCUT2D eigenvalue weighted by Gasteiger charge is 2.37. The van der Waals surface area contributed by atoms with E-state index < -0.39 is 24.0 Å². The first-order valence-electron chi connectivity index (χ1n) is 9.86. The summed E-state index contributed by atoms with van der Waals surface area (Å²) >= 11 is 1.13. The third-order valence-corrected chi connectivity index (χ3v) is 6.22. The smallest absolute Gasteiger partial charge is 0.326 e. The average Bonchev–Trinajstić information content (AvgIpc) is 3.21. The summed E-state index contributed by atoms with van der Waals surface area (Å²) in [6.07, 6.45) is 1.78. The number of nitrogens with one attached hydrogen (secondary N) is 1. The number of benzene rings is 1. The predicted octanol–water partition coefficient (Wildman–Crippen LogP) is 2.10. The van der Waals surface area contributed by atoms with E-state index in [2.05, 4.69) is 5.32 Å². The number of nitrogens with zero attached hydrogens (tertiary/aromatic N) is 1. The molecular formula is C21H28N2O5S. The van der Waals surface area contributed by atoms with E-state index in [1.807, 2.05) is 30.3 Å². The van der Waals surface area contributed by atoms with Crippen LogP contribution in [0.15, 0.2) is 30.3 Å². The number of thioether (sulfide) groups is 1. The number of hydrogen-bond acceptors (Lipinski definition) is 5. The summed E-state index contributed by atoms with van der Waals surface area (Å²) < 4.78 is 0. The Labute approximate surface area is 175 Å². The predicted molar refractivity (Wildman–Crippen MR) is 111 cm³/mol. The molecule has 0 radical (unpaired) electrons. The molecule has 2 amide bonds. The van der Waals surface area contributed by atoms with Crippen molar-refractivity contribution in [1.82, 2.24) is 10.2 Å². The van der Waals surface area contributed by atoms with Crippen molar-refractivity contribution >= 4 is 34.7 Å². The van der Waals surface area contributed by atoms with Crippen LogP contribution in [0.3, 0.4) is 0 Å². The van der Waals surface area contributed by atoms with Gasteiger partial charge in [0.1, 0.15) is 12.1 Å². The van der Waals surface area contributed by atoms with E-state index in [1.54, 1.807) is 13.8 Å². The Kier molecular flexibility index (Phi) is 8.70. The fraction of sp³-hybridized carbons (Fsp3) is 0.524.